The van der Waals surface area contributed by atoms with Crippen LogP contribution < -0.4 is 0 Å². The molecule has 11 rings (SSSR count). The molecule has 0 aliphatic rings. The van der Waals surface area contributed by atoms with E-state index in [-0.39, 0.29) is 0 Å². The van der Waals surface area contributed by atoms with Gasteiger partial charge in [0.15, 0.2) is 17.5 Å². The van der Waals surface area contributed by atoms with Gasteiger partial charge in [-0.3, -0.25) is 0 Å². The second-order valence-corrected chi connectivity index (χ2v) is 14.3. The molecule has 0 aliphatic heterocycles. The van der Waals surface area contributed by atoms with E-state index >= 15 is 0 Å². The lowest BCUT2D eigenvalue weighted by Crippen LogP contribution is -2.00. The van der Waals surface area contributed by atoms with Crippen molar-refractivity contribution in [1.29, 1.82) is 0 Å². The number of thiophene rings is 1. The molecule has 52 heavy (non-hydrogen) atoms. The standard InChI is InChI=1S/C47H28N4S/c1-2-13-30(14-3-1)45-48-46(36-20-10-17-29-12-6-7-18-34(29)36)50-47(49-45)38-21-11-23-42-44(38)37-25-24-33(28-43(37)52-42)51-40-22-9-8-19-35(40)39-26-31-15-4-5-16-32(31)27-41(39)51/h1-28H. The van der Waals surface area contributed by atoms with E-state index in [0.29, 0.717) is 17.5 Å². The van der Waals surface area contributed by atoms with E-state index in [4.69, 9.17) is 15.0 Å². The average molecular weight is 681 g/mol. The molecule has 0 unspecified atom stereocenters. The van der Waals surface area contributed by atoms with Crippen molar-refractivity contribution >= 4 is 74.9 Å². The Balaban J connectivity index is 1.13. The van der Waals surface area contributed by atoms with Crippen molar-refractivity contribution in [2.75, 3.05) is 0 Å². The Hall–Kier alpha value is -6.69. The summed E-state index contributed by atoms with van der Waals surface area (Å²) in [5.41, 5.74) is 6.51. The minimum atomic E-state index is 0.659. The number of nitrogens with zero attached hydrogens (tertiary/aromatic N) is 4. The van der Waals surface area contributed by atoms with Crippen LogP contribution in [-0.4, -0.2) is 19.5 Å². The highest BCUT2D eigenvalue weighted by Crippen LogP contribution is 2.42. The van der Waals surface area contributed by atoms with Crippen molar-refractivity contribution < 1.29 is 0 Å². The lowest BCUT2D eigenvalue weighted by molar-refractivity contribution is 1.08. The third kappa shape index (κ3) is 4.50. The second-order valence-electron chi connectivity index (χ2n) is 13.2. The zero-order valence-corrected chi connectivity index (χ0v) is 28.7. The minimum absolute atomic E-state index is 0.659. The molecule has 0 saturated carbocycles. The quantitative estimate of drug-likeness (QED) is 0.186. The van der Waals surface area contributed by atoms with Crippen molar-refractivity contribution in [2.45, 2.75) is 0 Å². The van der Waals surface area contributed by atoms with Crippen LogP contribution in [0.25, 0.3) is 103 Å². The molecule has 0 bridgehead atoms. The predicted molar refractivity (Wildman–Crippen MR) is 218 cm³/mol. The second kappa shape index (κ2) is 11.4. The Bertz CT molecular complexity index is 3190. The van der Waals surface area contributed by atoms with Crippen LogP contribution in [0.15, 0.2) is 170 Å². The smallest absolute Gasteiger partial charge is 0.164 e. The Kier molecular flexibility index (Phi) is 6.39. The average Bonchev–Trinajstić information content (AvgIpc) is 3.74. The molecule has 0 amide bonds. The molecule has 8 aromatic carbocycles. The number of hydrogen-bond acceptors (Lipinski definition) is 4. The summed E-state index contributed by atoms with van der Waals surface area (Å²) in [5, 5.41) is 9.64. The molecule has 4 nitrogen and oxygen atoms in total. The van der Waals surface area contributed by atoms with Gasteiger partial charge in [-0.25, -0.2) is 15.0 Å². The summed E-state index contributed by atoms with van der Waals surface area (Å²) < 4.78 is 4.83. The maximum atomic E-state index is 5.22. The monoisotopic (exact) mass is 680 g/mol. The molecule has 242 valence electrons. The van der Waals surface area contributed by atoms with Gasteiger partial charge < -0.3 is 4.57 Å². The fourth-order valence-corrected chi connectivity index (χ4v) is 8.99. The van der Waals surface area contributed by atoms with Gasteiger partial charge in [0, 0.05) is 53.3 Å². The zero-order chi connectivity index (χ0) is 34.2. The normalized spacial score (nSPS) is 11.8. The fraction of sp³-hybridized carbons (Fsp3) is 0. The van der Waals surface area contributed by atoms with Crippen molar-refractivity contribution in [3.63, 3.8) is 0 Å². The summed E-state index contributed by atoms with van der Waals surface area (Å²) in [6.07, 6.45) is 0. The van der Waals surface area contributed by atoms with Crippen LogP contribution in [0.3, 0.4) is 0 Å². The van der Waals surface area contributed by atoms with E-state index in [1.165, 1.54) is 47.4 Å². The fourth-order valence-electron chi connectivity index (χ4n) is 7.83. The lowest BCUT2D eigenvalue weighted by atomic mass is 10.0. The van der Waals surface area contributed by atoms with Gasteiger partial charge in [-0.15, -0.1) is 11.3 Å². The van der Waals surface area contributed by atoms with Crippen LogP contribution in [0.4, 0.5) is 0 Å². The Morgan fingerprint density at radius 3 is 1.90 bits per heavy atom. The molecule has 3 aromatic heterocycles. The Morgan fingerprint density at radius 2 is 1.04 bits per heavy atom. The van der Waals surface area contributed by atoms with E-state index in [1.807, 2.05) is 29.5 Å². The molecule has 0 aliphatic carbocycles. The first kappa shape index (κ1) is 29.1. The number of fused-ring (bicyclic) bond motifs is 8. The summed E-state index contributed by atoms with van der Waals surface area (Å²) in [7, 11) is 0. The highest BCUT2D eigenvalue weighted by Gasteiger charge is 2.19. The third-order valence-electron chi connectivity index (χ3n) is 10.2. The molecule has 0 radical (unpaired) electrons. The molecular weight excluding hydrogens is 653 g/mol. The van der Waals surface area contributed by atoms with E-state index in [1.54, 1.807) is 0 Å². The van der Waals surface area contributed by atoms with Gasteiger partial charge in [0.1, 0.15) is 0 Å². The topological polar surface area (TPSA) is 43.6 Å². The first-order valence-electron chi connectivity index (χ1n) is 17.4. The summed E-state index contributed by atoms with van der Waals surface area (Å²) in [6.45, 7) is 0. The summed E-state index contributed by atoms with van der Waals surface area (Å²) in [6, 6.07) is 60.3. The molecular formula is C47H28N4S. The Morgan fingerprint density at radius 1 is 0.385 bits per heavy atom. The van der Waals surface area contributed by atoms with Gasteiger partial charge in [-0.2, -0.15) is 0 Å². The third-order valence-corrected chi connectivity index (χ3v) is 11.3. The lowest BCUT2D eigenvalue weighted by Gasteiger charge is -2.11. The highest BCUT2D eigenvalue weighted by molar-refractivity contribution is 7.26. The van der Waals surface area contributed by atoms with Crippen LogP contribution in [-0.2, 0) is 0 Å². The largest absolute Gasteiger partial charge is 0.309 e. The van der Waals surface area contributed by atoms with E-state index in [9.17, 15) is 0 Å². The Labute approximate surface area is 302 Å². The predicted octanol–water partition coefficient (Wildman–Crippen LogP) is 12.6. The van der Waals surface area contributed by atoms with Crippen molar-refractivity contribution in [2.24, 2.45) is 0 Å². The molecule has 0 atom stereocenters. The van der Waals surface area contributed by atoms with Crippen LogP contribution in [0.2, 0.25) is 0 Å². The summed E-state index contributed by atoms with van der Waals surface area (Å²) in [4.78, 5) is 15.4. The molecule has 0 spiro atoms. The van der Waals surface area contributed by atoms with Crippen LogP contribution >= 0.6 is 11.3 Å². The molecule has 0 fully saturated rings. The zero-order valence-electron chi connectivity index (χ0n) is 27.9. The minimum Gasteiger partial charge on any atom is -0.309 e. The summed E-state index contributed by atoms with van der Waals surface area (Å²) in [5.74, 6) is 1.99. The van der Waals surface area contributed by atoms with E-state index in [0.717, 1.165) is 38.5 Å². The van der Waals surface area contributed by atoms with Crippen molar-refractivity contribution in [3.8, 4) is 39.9 Å². The van der Waals surface area contributed by atoms with Crippen LogP contribution in [0.5, 0.6) is 0 Å². The van der Waals surface area contributed by atoms with E-state index < -0.39 is 0 Å². The van der Waals surface area contributed by atoms with Crippen LogP contribution in [0.1, 0.15) is 0 Å². The number of rotatable bonds is 4. The molecule has 5 heteroatoms. The van der Waals surface area contributed by atoms with Gasteiger partial charge in [-0.1, -0.05) is 133 Å². The maximum Gasteiger partial charge on any atom is 0.164 e. The number of benzene rings is 8. The SMILES string of the molecule is c1ccc(-c2nc(-c3cccc4ccccc34)nc(-c3cccc4sc5cc(-n6c7ccccc7c7cc8ccccc8cc76)ccc5c34)n2)cc1. The first-order chi connectivity index (χ1) is 25.8. The van der Waals surface area contributed by atoms with Crippen LogP contribution in [0, 0.1) is 0 Å². The van der Waals surface area contributed by atoms with Gasteiger partial charge >= 0.3 is 0 Å². The molecule has 3 heterocycles. The number of para-hydroxylation sites is 1. The highest BCUT2D eigenvalue weighted by atomic mass is 32.1. The number of aromatic nitrogens is 4. The summed E-state index contributed by atoms with van der Waals surface area (Å²) >= 11 is 1.81. The van der Waals surface area contributed by atoms with Crippen molar-refractivity contribution in [3.05, 3.63) is 170 Å². The van der Waals surface area contributed by atoms with Gasteiger partial charge in [-0.05, 0) is 57.9 Å². The maximum absolute atomic E-state index is 5.22. The molecule has 0 N–H and O–H groups in total. The van der Waals surface area contributed by atoms with Gasteiger partial charge in [0.25, 0.3) is 0 Å². The van der Waals surface area contributed by atoms with Gasteiger partial charge in [0.05, 0.1) is 11.0 Å². The number of hydrogen-bond donors (Lipinski definition) is 0. The molecule has 11 aromatic rings. The van der Waals surface area contributed by atoms with Crippen molar-refractivity contribution in [1.82, 2.24) is 19.5 Å². The molecule has 0 saturated heterocycles. The first-order valence-corrected chi connectivity index (χ1v) is 18.3. The van der Waals surface area contributed by atoms with E-state index in [2.05, 4.69) is 156 Å². The van der Waals surface area contributed by atoms with Gasteiger partial charge in [0.2, 0.25) is 0 Å².